The van der Waals surface area contributed by atoms with Crippen LogP contribution in [-0.2, 0) is 6.61 Å². The number of nitrogens with one attached hydrogen (secondary N) is 1. The minimum absolute atomic E-state index is 0.259. The van der Waals surface area contributed by atoms with E-state index in [-0.39, 0.29) is 5.91 Å². The van der Waals surface area contributed by atoms with Gasteiger partial charge in [-0.1, -0.05) is 47.1 Å². The minimum atomic E-state index is -0.259. The number of benzene rings is 3. The van der Waals surface area contributed by atoms with Crippen LogP contribution in [0.5, 0.6) is 5.75 Å². The number of ether oxygens (including phenoxy) is 1. The molecule has 4 aromatic rings. The summed E-state index contributed by atoms with van der Waals surface area (Å²) in [5.74, 6) is 1.05. The number of amides is 1. The first kappa shape index (κ1) is 19.0. The second kappa shape index (κ2) is 7.97. The summed E-state index contributed by atoms with van der Waals surface area (Å²) >= 11 is 6.35. The zero-order valence-electron chi connectivity index (χ0n) is 16.0. The first-order chi connectivity index (χ1) is 14.0. The maximum Gasteiger partial charge on any atom is 0.255 e. The number of anilines is 1. The Bertz CT molecular complexity index is 1180. The number of aromatic nitrogens is 1. The third-order valence-electron chi connectivity index (χ3n) is 4.74. The molecule has 0 radical (unpaired) electrons. The predicted molar refractivity (Wildman–Crippen MR) is 114 cm³/mol. The van der Waals surface area contributed by atoms with Gasteiger partial charge in [-0.2, -0.15) is 0 Å². The molecule has 0 aliphatic rings. The number of fused-ring (bicyclic) bond motifs is 1. The topological polar surface area (TPSA) is 64.4 Å². The number of carbonyl (C=O) groups excluding carboxylic acids is 1. The molecule has 0 bridgehead atoms. The molecule has 4 rings (SSSR count). The highest BCUT2D eigenvalue weighted by Gasteiger charge is 2.12. The number of hydrogen-bond acceptors (Lipinski definition) is 4. The molecular weight excluding hydrogens is 388 g/mol. The van der Waals surface area contributed by atoms with Crippen molar-refractivity contribution >= 4 is 34.0 Å². The van der Waals surface area contributed by atoms with Crippen molar-refractivity contribution in [1.29, 1.82) is 0 Å². The molecule has 0 spiro atoms. The highest BCUT2D eigenvalue weighted by molar-refractivity contribution is 6.34. The number of rotatable bonds is 5. The lowest BCUT2D eigenvalue weighted by Gasteiger charge is -2.11. The second-order valence-electron chi connectivity index (χ2n) is 6.75. The third kappa shape index (κ3) is 4.10. The molecule has 0 saturated heterocycles. The summed E-state index contributed by atoms with van der Waals surface area (Å²) in [5, 5.41) is 9.31. The fraction of sp³-hybridized carbons (Fsp3) is 0.130. The monoisotopic (exact) mass is 406 g/mol. The molecule has 1 aromatic heterocycles. The van der Waals surface area contributed by atoms with Crippen LogP contribution in [-0.4, -0.2) is 11.1 Å². The van der Waals surface area contributed by atoms with Gasteiger partial charge in [-0.15, -0.1) is 0 Å². The van der Waals surface area contributed by atoms with E-state index in [1.54, 1.807) is 24.3 Å². The van der Waals surface area contributed by atoms with Crippen molar-refractivity contribution < 1.29 is 14.1 Å². The number of halogens is 1. The fourth-order valence-corrected chi connectivity index (χ4v) is 3.31. The minimum Gasteiger partial charge on any atom is -0.489 e. The fourth-order valence-electron chi connectivity index (χ4n) is 3.09. The van der Waals surface area contributed by atoms with Crippen molar-refractivity contribution in [2.75, 3.05) is 5.32 Å². The van der Waals surface area contributed by atoms with Crippen LogP contribution in [0.15, 0.2) is 65.2 Å². The van der Waals surface area contributed by atoms with E-state index in [1.807, 2.05) is 50.2 Å². The average Bonchev–Trinajstić information content (AvgIpc) is 3.04. The van der Waals surface area contributed by atoms with E-state index in [9.17, 15) is 4.79 Å². The van der Waals surface area contributed by atoms with Gasteiger partial charge >= 0.3 is 0 Å². The first-order valence-corrected chi connectivity index (χ1v) is 9.53. The molecule has 0 unspecified atom stereocenters. The molecule has 0 saturated carbocycles. The quantitative estimate of drug-likeness (QED) is 0.446. The molecule has 0 aliphatic heterocycles. The molecule has 29 heavy (non-hydrogen) atoms. The van der Waals surface area contributed by atoms with E-state index in [1.165, 1.54) is 0 Å². The molecule has 6 heteroatoms. The van der Waals surface area contributed by atoms with Crippen LogP contribution < -0.4 is 10.1 Å². The van der Waals surface area contributed by atoms with Gasteiger partial charge in [0.05, 0.1) is 22.0 Å². The Hall–Kier alpha value is -3.31. The zero-order valence-corrected chi connectivity index (χ0v) is 16.8. The smallest absolute Gasteiger partial charge is 0.255 e. The van der Waals surface area contributed by atoms with Gasteiger partial charge in [0.15, 0.2) is 0 Å². The van der Waals surface area contributed by atoms with Gasteiger partial charge in [-0.3, -0.25) is 4.79 Å². The molecule has 0 aliphatic carbocycles. The number of nitrogens with zero attached hydrogens (tertiary/aromatic N) is 1. The molecule has 3 aromatic carbocycles. The zero-order chi connectivity index (χ0) is 20.4. The Morgan fingerprint density at radius 1 is 1.07 bits per heavy atom. The van der Waals surface area contributed by atoms with Crippen LogP contribution in [0.25, 0.3) is 10.8 Å². The van der Waals surface area contributed by atoms with E-state index < -0.39 is 0 Å². The Balaban J connectivity index is 1.51. The van der Waals surface area contributed by atoms with Crippen LogP contribution in [0.1, 0.15) is 27.4 Å². The molecule has 0 atom stereocenters. The van der Waals surface area contributed by atoms with Gasteiger partial charge in [0.25, 0.3) is 5.91 Å². The molecule has 146 valence electrons. The summed E-state index contributed by atoms with van der Waals surface area (Å²) < 4.78 is 11.0. The van der Waals surface area contributed by atoms with Gasteiger partial charge in [0.1, 0.15) is 18.1 Å². The molecule has 5 nitrogen and oxygen atoms in total. The van der Waals surface area contributed by atoms with Crippen molar-refractivity contribution in [3.05, 3.63) is 88.3 Å². The lowest BCUT2D eigenvalue weighted by atomic mass is 10.1. The molecule has 1 heterocycles. The number of aryl methyl sites for hydroxylation is 2. The van der Waals surface area contributed by atoms with E-state index in [0.29, 0.717) is 28.6 Å². The molecular formula is C23H19ClN2O3. The molecule has 1 amide bonds. The van der Waals surface area contributed by atoms with Crippen molar-refractivity contribution in [3.8, 4) is 5.75 Å². The van der Waals surface area contributed by atoms with Crippen molar-refractivity contribution in [3.63, 3.8) is 0 Å². The average molecular weight is 407 g/mol. The standard InChI is InChI=1S/C23H19ClN2O3/c1-14-20(15(2)29-26-14)13-28-19-9-5-8-18(10-19)23(27)25-22-12-17-7-4-3-6-16(17)11-21(22)24/h3-12H,13H2,1-2H3,(H,25,27). The molecule has 0 fully saturated rings. The Labute approximate surface area is 173 Å². The van der Waals surface area contributed by atoms with E-state index in [0.717, 1.165) is 27.8 Å². The van der Waals surface area contributed by atoms with Crippen LogP contribution in [0.4, 0.5) is 5.69 Å². The summed E-state index contributed by atoms with van der Waals surface area (Å²) in [6.07, 6.45) is 0. The highest BCUT2D eigenvalue weighted by Crippen LogP contribution is 2.29. The molecule has 1 N–H and O–H groups in total. The van der Waals surface area contributed by atoms with Crippen LogP contribution in [0.2, 0.25) is 5.02 Å². The highest BCUT2D eigenvalue weighted by atomic mass is 35.5. The van der Waals surface area contributed by atoms with Gasteiger partial charge in [0, 0.05) is 5.56 Å². The van der Waals surface area contributed by atoms with E-state index in [2.05, 4.69) is 10.5 Å². The lowest BCUT2D eigenvalue weighted by Crippen LogP contribution is -2.12. The summed E-state index contributed by atoms with van der Waals surface area (Å²) in [6, 6.07) is 18.6. The SMILES string of the molecule is Cc1noc(C)c1COc1cccc(C(=O)Nc2cc3ccccc3cc2Cl)c1. The predicted octanol–water partition coefficient (Wildman–Crippen LogP) is 5.93. The first-order valence-electron chi connectivity index (χ1n) is 9.15. The lowest BCUT2D eigenvalue weighted by molar-refractivity contribution is 0.102. The van der Waals surface area contributed by atoms with Crippen molar-refractivity contribution in [2.24, 2.45) is 0 Å². The summed E-state index contributed by atoms with van der Waals surface area (Å²) in [5.41, 5.74) is 2.74. The maximum atomic E-state index is 12.7. The largest absolute Gasteiger partial charge is 0.489 e. The second-order valence-corrected chi connectivity index (χ2v) is 7.16. The number of carbonyl (C=O) groups is 1. The Morgan fingerprint density at radius 2 is 1.83 bits per heavy atom. The van der Waals surface area contributed by atoms with Crippen LogP contribution in [0, 0.1) is 13.8 Å². The Morgan fingerprint density at radius 3 is 2.55 bits per heavy atom. The number of hydrogen-bond donors (Lipinski definition) is 1. The van der Waals surface area contributed by atoms with E-state index >= 15 is 0 Å². The third-order valence-corrected chi connectivity index (χ3v) is 5.06. The van der Waals surface area contributed by atoms with Crippen molar-refractivity contribution in [1.82, 2.24) is 5.16 Å². The van der Waals surface area contributed by atoms with Crippen molar-refractivity contribution in [2.45, 2.75) is 20.5 Å². The summed E-state index contributed by atoms with van der Waals surface area (Å²) in [4.78, 5) is 12.7. The van der Waals surface area contributed by atoms with Crippen LogP contribution in [0.3, 0.4) is 0 Å². The van der Waals surface area contributed by atoms with E-state index in [4.69, 9.17) is 20.9 Å². The summed E-state index contributed by atoms with van der Waals surface area (Å²) in [7, 11) is 0. The van der Waals surface area contributed by atoms with Gasteiger partial charge in [-0.05, 0) is 55.0 Å². The summed E-state index contributed by atoms with van der Waals surface area (Å²) in [6.45, 7) is 4.03. The van der Waals surface area contributed by atoms with Gasteiger partial charge < -0.3 is 14.6 Å². The Kier molecular flexibility index (Phi) is 5.23. The normalized spacial score (nSPS) is 10.9. The van der Waals surface area contributed by atoms with Crippen LogP contribution >= 0.6 is 11.6 Å². The maximum absolute atomic E-state index is 12.7. The van der Waals surface area contributed by atoms with Gasteiger partial charge in [-0.25, -0.2) is 0 Å². The van der Waals surface area contributed by atoms with Gasteiger partial charge in [0.2, 0.25) is 0 Å².